The highest BCUT2D eigenvalue weighted by Crippen LogP contribution is 2.41. The third kappa shape index (κ3) is 3.84. The van der Waals surface area contributed by atoms with Gasteiger partial charge >= 0.3 is 0 Å². The van der Waals surface area contributed by atoms with Crippen molar-refractivity contribution >= 4 is 39.3 Å². The van der Waals surface area contributed by atoms with Crippen molar-refractivity contribution < 1.29 is 9.59 Å². The Morgan fingerprint density at radius 1 is 0.488 bits per heavy atom. The number of imide groups is 1. The molecule has 0 saturated heterocycles. The predicted octanol–water partition coefficient (Wildman–Crippen LogP) is 9.23. The minimum Gasteiger partial charge on any atom is -0.308 e. The zero-order valence-corrected chi connectivity index (χ0v) is 23.5. The van der Waals surface area contributed by atoms with Gasteiger partial charge in [-0.25, -0.2) is 4.90 Å². The molecule has 0 spiro atoms. The summed E-state index contributed by atoms with van der Waals surface area (Å²) in [6.45, 7) is 2.08. The molecule has 6 aromatic carbocycles. The molecule has 2 amide bonds. The quantitative estimate of drug-likeness (QED) is 0.204. The van der Waals surface area contributed by atoms with Crippen LogP contribution in [-0.2, 0) is 0 Å². The van der Waals surface area contributed by atoms with E-state index in [1.807, 2.05) is 78.9 Å². The largest absolute Gasteiger partial charge is 0.308 e. The van der Waals surface area contributed by atoms with Gasteiger partial charge in [-0.3, -0.25) is 9.59 Å². The predicted molar refractivity (Wildman–Crippen MR) is 174 cm³/mol. The van der Waals surface area contributed by atoms with Gasteiger partial charge in [-0.15, -0.1) is 0 Å². The molecule has 0 unspecified atom stereocenters. The molecular formula is C39H26N2O2. The molecule has 0 bridgehead atoms. The number of carbonyl (C=O) groups is 2. The average molecular weight is 555 g/mol. The van der Waals surface area contributed by atoms with E-state index in [0.717, 1.165) is 44.1 Å². The number of aryl methyl sites for hydroxylation is 1. The van der Waals surface area contributed by atoms with Gasteiger partial charge in [0, 0.05) is 16.3 Å². The Bertz CT molecular complexity index is 2210. The molecule has 7 aromatic rings. The van der Waals surface area contributed by atoms with Crippen molar-refractivity contribution in [1.82, 2.24) is 4.57 Å². The normalized spacial score (nSPS) is 12.8. The van der Waals surface area contributed by atoms with Crippen molar-refractivity contribution in [3.8, 4) is 27.9 Å². The lowest BCUT2D eigenvalue weighted by atomic mass is 10.0. The highest BCUT2D eigenvalue weighted by molar-refractivity contribution is 6.36. The lowest BCUT2D eigenvalue weighted by Crippen LogP contribution is -2.29. The van der Waals surface area contributed by atoms with Crippen LogP contribution in [0.4, 0.5) is 5.69 Å². The van der Waals surface area contributed by atoms with Gasteiger partial charge < -0.3 is 4.57 Å². The van der Waals surface area contributed by atoms with Crippen LogP contribution in [0.2, 0.25) is 0 Å². The average Bonchev–Trinajstić information content (AvgIpc) is 3.53. The second kappa shape index (κ2) is 9.68. The van der Waals surface area contributed by atoms with Gasteiger partial charge in [0.15, 0.2) is 0 Å². The highest BCUT2D eigenvalue weighted by Gasteiger charge is 2.39. The minimum atomic E-state index is -0.318. The Labute approximate surface area is 249 Å². The van der Waals surface area contributed by atoms with Gasteiger partial charge in [-0.1, -0.05) is 115 Å². The Hall–Kier alpha value is -5.74. The number of rotatable bonds is 4. The maximum absolute atomic E-state index is 14.2. The number of anilines is 1. The van der Waals surface area contributed by atoms with E-state index in [1.165, 1.54) is 10.5 Å². The summed E-state index contributed by atoms with van der Waals surface area (Å²) >= 11 is 0. The van der Waals surface area contributed by atoms with Crippen molar-refractivity contribution in [2.45, 2.75) is 6.92 Å². The summed E-state index contributed by atoms with van der Waals surface area (Å²) in [6, 6.07) is 46.3. The first-order chi connectivity index (χ1) is 21.1. The zero-order chi connectivity index (χ0) is 29.1. The van der Waals surface area contributed by atoms with E-state index in [1.54, 1.807) is 6.07 Å². The molecule has 0 radical (unpaired) electrons. The number of aromatic nitrogens is 1. The summed E-state index contributed by atoms with van der Waals surface area (Å²) < 4.78 is 2.16. The topological polar surface area (TPSA) is 42.3 Å². The van der Waals surface area contributed by atoms with Crippen LogP contribution in [0.3, 0.4) is 0 Å². The summed E-state index contributed by atoms with van der Waals surface area (Å²) in [6.07, 6.45) is 0. The van der Waals surface area contributed by atoms with Gasteiger partial charge in [-0.2, -0.15) is 0 Å². The molecule has 8 rings (SSSR count). The highest BCUT2D eigenvalue weighted by atomic mass is 16.2. The molecule has 0 fully saturated rings. The van der Waals surface area contributed by atoms with Crippen LogP contribution in [0.15, 0.2) is 140 Å². The van der Waals surface area contributed by atoms with Gasteiger partial charge in [-0.05, 0) is 53.9 Å². The van der Waals surface area contributed by atoms with E-state index in [0.29, 0.717) is 22.5 Å². The van der Waals surface area contributed by atoms with Crippen LogP contribution >= 0.6 is 0 Å². The summed E-state index contributed by atoms with van der Waals surface area (Å²) in [7, 11) is 0. The lowest BCUT2D eigenvalue weighted by Gasteiger charge is -2.16. The SMILES string of the molecule is Cc1ccc(-c2cccc3c4ccccc4n(-c4cccc5c4C(=O)N(c4ccc(-c6ccccc6)cc4)C5=O)c23)cc1. The number of fused-ring (bicyclic) bond motifs is 4. The van der Waals surface area contributed by atoms with E-state index >= 15 is 0 Å². The van der Waals surface area contributed by atoms with E-state index in [-0.39, 0.29) is 11.8 Å². The molecule has 4 nitrogen and oxygen atoms in total. The summed E-state index contributed by atoms with van der Waals surface area (Å²) in [5.41, 5.74) is 9.53. The fourth-order valence-corrected chi connectivity index (χ4v) is 6.36. The number of hydrogen-bond acceptors (Lipinski definition) is 2. The lowest BCUT2D eigenvalue weighted by molar-refractivity contribution is 0.0926. The number of carbonyl (C=O) groups excluding carboxylic acids is 2. The standard InChI is InChI=1S/C39H26N2O2/c1-25-17-19-28(20-18-25)30-12-7-13-32-31-11-5-6-15-34(31)41(37(30)32)35-16-8-14-33-36(35)39(43)40(38(33)42)29-23-21-27(22-24-29)26-9-3-2-4-10-26/h2-24H,1H3. The van der Waals surface area contributed by atoms with E-state index in [2.05, 4.69) is 66.1 Å². The molecule has 43 heavy (non-hydrogen) atoms. The molecule has 2 heterocycles. The van der Waals surface area contributed by atoms with Crippen LogP contribution in [0.25, 0.3) is 49.7 Å². The Kier molecular flexibility index (Phi) is 5.63. The molecule has 1 aliphatic rings. The van der Waals surface area contributed by atoms with Crippen LogP contribution in [-0.4, -0.2) is 16.4 Å². The first kappa shape index (κ1) is 25.0. The molecule has 204 valence electrons. The summed E-state index contributed by atoms with van der Waals surface area (Å²) in [5, 5.41) is 2.19. The Balaban J connectivity index is 1.32. The number of nitrogens with zero attached hydrogens (tertiary/aromatic N) is 2. The summed E-state index contributed by atoms with van der Waals surface area (Å²) in [4.78, 5) is 29.4. The maximum atomic E-state index is 14.2. The van der Waals surface area contributed by atoms with Gasteiger partial charge in [0.1, 0.15) is 0 Å². The fraction of sp³-hybridized carbons (Fsp3) is 0.0256. The van der Waals surface area contributed by atoms with Crippen LogP contribution in [0.1, 0.15) is 26.3 Å². The van der Waals surface area contributed by atoms with Gasteiger partial charge in [0.25, 0.3) is 11.8 Å². The zero-order valence-electron chi connectivity index (χ0n) is 23.5. The van der Waals surface area contributed by atoms with Crippen LogP contribution in [0.5, 0.6) is 0 Å². The van der Waals surface area contributed by atoms with Crippen molar-refractivity contribution in [3.63, 3.8) is 0 Å². The molecular weight excluding hydrogens is 528 g/mol. The second-order valence-corrected chi connectivity index (χ2v) is 11.0. The smallest absolute Gasteiger partial charge is 0.268 e. The first-order valence-corrected chi connectivity index (χ1v) is 14.4. The number of para-hydroxylation sites is 2. The molecule has 0 aliphatic carbocycles. The van der Waals surface area contributed by atoms with Gasteiger partial charge in [0.05, 0.1) is 33.5 Å². The van der Waals surface area contributed by atoms with Crippen molar-refractivity contribution in [3.05, 3.63) is 156 Å². The number of hydrogen-bond donors (Lipinski definition) is 0. The monoisotopic (exact) mass is 554 g/mol. The molecule has 0 saturated carbocycles. The summed E-state index contributed by atoms with van der Waals surface area (Å²) in [5.74, 6) is -0.629. The van der Waals surface area contributed by atoms with E-state index in [9.17, 15) is 9.59 Å². The van der Waals surface area contributed by atoms with Crippen LogP contribution < -0.4 is 4.90 Å². The minimum absolute atomic E-state index is 0.311. The molecule has 0 N–H and O–H groups in total. The van der Waals surface area contributed by atoms with Crippen molar-refractivity contribution in [2.24, 2.45) is 0 Å². The van der Waals surface area contributed by atoms with E-state index < -0.39 is 0 Å². The third-order valence-corrected chi connectivity index (χ3v) is 8.42. The molecule has 0 atom stereocenters. The number of amides is 2. The van der Waals surface area contributed by atoms with Crippen LogP contribution in [0, 0.1) is 6.92 Å². The third-order valence-electron chi connectivity index (χ3n) is 8.42. The second-order valence-electron chi connectivity index (χ2n) is 11.0. The Morgan fingerprint density at radius 3 is 1.91 bits per heavy atom. The first-order valence-electron chi connectivity index (χ1n) is 14.4. The molecule has 1 aromatic heterocycles. The Morgan fingerprint density at radius 2 is 1.12 bits per heavy atom. The number of benzene rings is 6. The van der Waals surface area contributed by atoms with Crippen molar-refractivity contribution in [2.75, 3.05) is 4.90 Å². The van der Waals surface area contributed by atoms with Crippen molar-refractivity contribution in [1.29, 1.82) is 0 Å². The van der Waals surface area contributed by atoms with Gasteiger partial charge in [0.2, 0.25) is 0 Å². The molecule has 1 aliphatic heterocycles. The fourth-order valence-electron chi connectivity index (χ4n) is 6.36. The van der Waals surface area contributed by atoms with E-state index in [4.69, 9.17) is 0 Å². The maximum Gasteiger partial charge on any atom is 0.268 e. The molecule has 4 heteroatoms.